The van der Waals surface area contributed by atoms with Gasteiger partial charge in [0.25, 0.3) is 5.91 Å². The van der Waals surface area contributed by atoms with Crippen LogP contribution in [0.3, 0.4) is 0 Å². The minimum absolute atomic E-state index is 0.0295. The maximum atomic E-state index is 15.6. The van der Waals surface area contributed by atoms with Gasteiger partial charge in [0.2, 0.25) is 8.41 Å². The average Bonchev–Trinajstić information content (AvgIpc) is 3.61. The van der Waals surface area contributed by atoms with E-state index in [1.54, 1.807) is 29.9 Å². The zero-order chi connectivity index (χ0) is 30.4. The van der Waals surface area contributed by atoms with Crippen LogP contribution in [-0.4, -0.2) is 53.2 Å². The number of nitrogens with zero attached hydrogens (tertiary/aromatic N) is 3. The molecule has 1 unspecified atom stereocenters. The van der Waals surface area contributed by atoms with Crippen LogP contribution in [0.5, 0.6) is 0 Å². The normalized spacial score (nSPS) is 21.0. The number of benzene rings is 3. The predicted octanol–water partition coefficient (Wildman–Crippen LogP) is 6.63. The Kier molecular flexibility index (Phi) is 9.85. The van der Waals surface area contributed by atoms with Gasteiger partial charge in [-0.25, -0.2) is 0 Å². The standard InChI is InChI=1S/C34H41FN4O3Si/c1-24-31(19-16-25-14-17-28(18-15-25)36-34(41)27-12-8-5-9-13-27)42-32(33(24)43(2,3)35)20-21-39-22-30(37-38-39)29(23-40)26-10-6-4-7-11-26/h4-15,17-18,22,24,29,31-33,40H,16,19-21,23H2,1-3H3,(H,36,41)/t24-,29?,31+,32-,33+/m1/s1. The lowest BCUT2D eigenvalue weighted by Gasteiger charge is -2.28. The molecule has 226 valence electrons. The SMILES string of the molecule is C[C@H]1[C@H]([Si](C)(C)F)[C@@H](CCn2cc(C(CO)c3ccccc3)nn2)O[C@H]1CCc1ccc(NC(=O)c2ccccc2)cc1. The van der Waals surface area contributed by atoms with Crippen molar-refractivity contribution < 1.29 is 18.7 Å². The van der Waals surface area contributed by atoms with Crippen LogP contribution >= 0.6 is 0 Å². The van der Waals surface area contributed by atoms with Gasteiger partial charge in [-0.2, -0.15) is 0 Å². The van der Waals surface area contributed by atoms with Crippen LogP contribution in [0, 0.1) is 5.92 Å². The summed E-state index contributed by atoms with van der Waals surface area (Å²) in [5.74, 6) is -0.256. The number of amides is 1. The largest absolute Gasteiger partial charge is 0.395 e. The van der Waals surface area contributed by atoms with Crippen molar-refractivity contribution in [3.05, 3.63) is 114 Å². The molecular weight excluding hydrogens is 559 g/mol. The van der Waals surface area contributed by atoms with E-state index in [-0.39, 0.29) is 42.1 Å². The van der Waals surface area contributed by atoms with Crippen molar-refractivity contribution in [1.29, 1.82) is 0 Å². The Morgan fingerprint density at radius 1 is 1.00 bits per heavy atom. The van der Waals surface area contributed by atoms with Gasteiger partial charge < -0.3 is 19.3 Å². The first-order valence-electron chi connectivity index (χ1n) is 15.1. The molecule has 2 heterocycles. The third kappa shape index (κ3) is 7.65. The molecule has 7 nitrogen and oxygen atoms in total. The molecule has 1 amide bonds. The number of hydrogen-bond acceptors (Lipinski definition) is 5. The highest BCUT2D eigenvalue weighted by Gasteiger charge is 2.50. The Labute approximate surface area is 254 Å². The summed E-state index contributed by atoms with van der Waals surface area (Å²) in [7, 11) is -3.00. The van der Waals surface area contributed by atoms with E-state index in [2.05, 4.69) is 22.6 Å². The number of rotatable bonds is 12. The molecule has 2 N–H and O–H groups in total. The predicted molar refractivity (Wildman–Crippen MR) is 169 cm³/mol. The van der Waals surface area contributed by atoms with Crippen LogP contribution in [0.4, 0.5) is 9.80 Å². The van der Waals surface area contributed by atoms with E-state index in [9.17, 15) is 9.90 Å². The topological polar surface area (TPSA) is 89.3 Å². The Bertz CT molecular complexity index is 1460. The minimum Gasteiger partial charge on any atom is -0.395 e. The molecule has 0 saturated carbocycles. The first-order valence-corrected chi connectivity index (χ1v) is 18.0. The Balaban J connectivity index is 1.17. The third-order valence-electron chi connectivity index (χ3n) is 8.60. The number of carbonyl (C=O) groups is 1. The summed E-state index contributed by atoms with van der Waals surface area (Å²) < 4.78 is 24.0. The van der Waals surface area contributed by atoms with E-state index < -0.39 is 8.41 Å². The fourth-order valence-corrected chi connectivity index (χ4v) is 9.00. The van der Waals surface area contributed by atoms with Crippen molar-refractivity contribution in [2.75, 3.05) is 11.9 Å². The van der Waals surface area contributed by atoms with Gasteiger partial charge in [0.15, 0.2) is 0 Å². The summed E-state index contributed by atoms with van der Waals surface area (Å²) in [4.78, 5) is 12.5. The molecule has 0 spiro atoms. The summed E-state index contributed by atoms with van der Waals surface area (Å²) in [5.41, 5.74) is 4.12. The maximum absolute atomic E-state index is 15.6. The van der Waals surface area contributed by atoms with E-state index in [1.807, 2.05) is 79.0 Å². The van der Waals surface area contributed by atoms with Gasteiger partial charge in [0.05, 0.1) is 30.4 Å². The number of anilines is 1. The molecule has 4 aromatic rings. The van der Waals surface area contributed by atoms with Crippen LogP contribution < -0.4 is 5.32 Å². The third-order valence-corrected chi connectivity index (χ3v) is 11.1. The molecule has 9 heteroatoms. The molecule has 1 aliphatic rings. The van der Waals surface area contributed by atoms with Gasteiger partial charge in [-0.05, 0) is 73.7 Å². The molecule has 0 aliphatic carbocycles. The Morgan fingerprint density at radius 3 is 2.33 bits per heavy atom. The zero-order valence-corrected chi connectivity index (χ0v) is 26.1. The van der Waals surface area contributed by atoms with E-state index in [1.165, 1.54) is 0 Å². The molecule has 1 aliphatic heterocycles. The van der Waals surface area contributed by atoms with Crippen molar-refractivity contribution in [3.63, 3.8) is 0 Å². The molecule has 0 bridgehead atoms. The molecule has 1 saturated heterocycles. The number of aromatic nitrogens is 3. The minimum atomic E-state index is -3.00. The molecule has 3 aromatic carbocycles. The van der Waals surface area contributed by atoms with Crippen molar-refractivity contribution in [2.24, 2.45) is 5.92 Å². The molecule has 43 heavy (non-hydrogen) atoms. The first kappa shape index (κ1) is 30.8. The van der Waals surface area contributed by atoms with Crippen LogP contribution in [0.25, 0.3) is 0 Å². The Hall–Kier alpha value is -3.66. The van der Waals surface area contributed by atoms with Crippen LogP contribution in [-0.2, 0) is 17.7 Å². The number of halogens is 1. The van der Waals surface area contributed by atoms with Gasteiger partial charge in [0, 0.05) is 29.5 Å². The molecule has 5 atom stereocenters. The van der Waals surface area contributed by atoms with E-state index in [0.29, 0.717) is 18.5 Å². The summed E-state index contributed by atoms with van der Waals surface area (Å²) in [5, 5.41) is 21.6. The number of aliphatic hydroxyl groups is 1. The fourth-order valence-electron chi connectivity index (χ4n) is 6.40. The fraction of sp³-hybridized carbons (Fsp3) is 0.382. The molecule has 1 aromatic heterocycles. The van der Waals surface area contributed by atoms with Gasteiger partial charge in [0.1, 0.15) is 0 Å². The highest BCUT2D eigenvalue weighted by atomic mass is 28.4. The second kappa shape index (κ2) is 13.8. The van der Waals surface area contributed by atoms with Crippen molar-refractivity contribution in [2.45, 2.75) is 69.5 Å². The highest BCUT2D eigenvalue weighted by molar-refractivity contribution is 6.72. The number of ether oxygens (including phenoxy) is 1. The number of nitrogens with one attached hydrogen (secondary N) is 1. The van der Waals surface area contributed by atoms with Crippen LogP contribution in [0.2, 0.25) is 18.6 Å². The number of aryl methyl sites for hydroxylation is 2. The molecule has 0 radical (unpaired) electrons. The van der Waals surface area contributed by atoms with E-state index in [4.69, 9.17) is 4.74 Å². The van der Waals surface area contributed by atoms with Gasteiger partial charge >= 0.3 is 0 Å². The van der Waals surface area contributed by atoms with Crippen molar-refractivity contribution >= 4 is 20.0 Å². The number of aliphatic hydroxyl groups excluding tert-OH is 1. The van der Waals surface area contributed by atoms with Crippen LogP contribution in [0.1, 0.15) is 52.9 Å². The average molecular weight is 601 g/mol. The van der Waals surface area contributed by atoms with Crippen molar-refractivity contribution in [3.8, 4) is 0 Å². The summed E-state index contributed by atoms with van der Waals surface area (Å²) in [6.45, 7) is 6.22. The summed E-state index contributed by atoms with van der Waals surface area (Å²) >= 11 is 0. The second-order valence-corrected chi connectivity index (χ2v) is 15.9. The van der Waals surface area contributed by atoms with E-state index >= 15 is 4.11 Å². The van der Waals surface area contributed by atoms with Gasteiger partial charge in [-0.1, -0.05) is 72.8 Å². The smallest absolute Gasteiger partial charge is 0.255 e. The second-order valence-electron chi connectivity index (χ2n) is 12.1. The zero-order valence-electron chi connectivity index (χ0n) is 25.1. The lowest BCUT2D eigenvalue weighted by Crippen LogP contribution is -2.36. The quantitative estimate of drug-likeness (QED) is 0.141. The van der Waals surface area contributed by atoms with Crippen molar-refractivity contribution in [1.82, 2.24) is 15.0 Å². The van der Waals surface area contributed by atoms with Gasteiger partial charge in [-0.15, -0.1) is 5.10 Å². The molecule has 1 fully saturated rings. The van der Waals surface area contributed by atoms with Gasteiger partial charge in [-0.3, -0.25) is 9.48 Å². The first-order chi connectivity index (χ1) is 20.7. The summed E-state index contributed by atoms with van der Waals surface area (Å²) in [6, 6.07) is 26.8. The maximum Gasteiger partial charge on any atom is 0.255 e. The van der Waals surface area contributed by atoms with E-state index in [0.717, 1.165) is 35.3 Å². The lowest BCUT2D eigenvalue weighted by atomic mass is 9.95. The Morgan fingerprint density at radius 2 is 1.67 bits per heavy atom. The monoisotopic (exact) mass is 600 g/mol. The highest BCUT2D eigenvalue weighted by Crippen LogP contribution is 2.47. The lowest BCUT2D eigenvalue weighted by molar-refractivity contribution is 0.0247. The number of hydrogen-bond donors (Lipinski definition) is 2. The molecule has 5 rings (SSSR count). The summed E-state index contributed by atoms with van der Waals surface area (Å²) in [6.07, 6.45) is 3.93. The number of carbonyl (C=O) groups excluding carboxylic acids is 1. The molecular formula is C34H41FN4O3Si. The van der Waals surface area contributed by atoms with Crippen LogP contribution in [0.15, 0.2) is 91.1 Å².